The maximum absolute atomic E-state index is 9.46. The highest BCUT2D eigenvalue weighted by Gasteiger charge is 2.12. The van der Waals surface area contributed by atoms with E-state index in [1.165, 1.54) is 0 Å². The van der Waals surface area contributed by atoms with Gasteiger partial charge in [-0.25, -0.2) is 0 Å². The van der Waals surface area contributed by atoms with Gasteiger partial charge >= 0.3 is 0 Å². The number of aromatic hydroxyl groups is 1. The predicted molar refractivity (Wildman–Crippen MR) is 78.9 cm³/mol. The first-order chi connectivity index (χ1) is 9.61. The second-order valence-electron chi connectivity index (χ2n) is 4.25. The lowest BCUT2D eigenvalue weighted by molar-refractivity contribution is 0.432. The number of phenolic OH excluding ortho intramolecular Hbond substituents is 1. The van der Waals surface area contributed by atoms with Crippen LogP contribution in [0.5, 0.6) is 5.75 Å². The standard InChI is InChI=1S/C14H10BrN3O2/c15-10-4-9(5-11(16)7-10)14-17-13(18-20-14)8-2-1-3-12(19)6-8/h1-7,19H,16H2. The van der Waals surface area contributed by atoms with Crippen LogP contribution in [0.25, 0.3) is 22.8 Å². The van der Waals surface area contributed by atoms with E-state index in [0.29, 0.717) is 23.0 Å². The maximum atomic E-state index is 9.46. The molecule has 6 heteroatoms. The number of aromatic nitrogens is 2. The van der Waals surface area contributed by atoms with E-state index in [1.807, 2.05) is 6.07 Å². The topological polar surface area (TPSA) is 85.2 Å². The van der Waals surface area contributed by atoms with Gasteiger partial charge in [0.2, 0.25) is 5.82 Å². The third kappa shape index (κ3) is 2.50. The molecule has 5 nitrogen and oxygen atoms in total. The molecule has 0 aliphatic carbocycles. The third-order valence-corrected chi connectivity index (χ3v) is 3.16. The van der Waals surface area contributed by atoms with Crippen LogP contribution >= 0.6 is 15.9 Å². The number of halogens is 1. The molecule has 3 aromatic rings. The highest BCUT2D eigenvalue weighted by molar-refractivity contribution is 9.10. The first-order valence-corrected chi connectivity index (χ1v) is 6.61. The zero-order chi connectivity index (χ0) is 14.1. The summed E-state index contributed by atoms with van der Waals surface area (Å²) in [7, 11) is 0. The summed E-state index contributed by atoms with van der Waals surface area (Å²) in [6, 6.07) is 12.1. The number of phenols is 1. The van der Waals surface area contributed by atoms with Crippen LogP contribution < -0.4 is 5.73 Å². The average Bonchev–Trinajstić information content (AvgIpc) is 2.87. The molecule has 0 unspecified atom stereocenters. The lowest BCUT2D eigenvalue weighted by Crippen LogP contribution is -1.86. The minimum atomic E-state index is 0.153. The Balaban J connectivity index is 2.02. The molecule has 0 radical (unpaired) electrons. The molecular weight excluding hydrogens is 322 g/mol. The molecule has 20 heavy (non-hydrogen) atoms. The summed E-state index contributed by atoms with van der Waals surface area (Å²) in [5.74, 6) is 0.936. The van der Waals surface area contributed by atoms with Crippen LogP contribution in [0.4, 0.5) is 5.69 Å². The smallest absolute Gasteiger partial charge is 0.258 e. The molecular formula is C14H10BrN3O2. The average molecular weight is 332 g/mol. The van der Waals surface area contributed by atoms with Gasteiger partial charge in [0, 0.05) is 21.3 Å². The Kier molecular flexibility index (Phi) is 3.15. The molecule has 0 atom stereocenters. The van der Waals surface area contributed by atoms with Crippen molar-refractivity contribution in [3.05, 3.63) is 46.9 Å². The largest absolute Gasteiger partial charge is 0.508 e. The molecule has 1 heterocycles. The number of nitrogens with zero attached hydrogens (tertiary/aromatic N) is 2. The quantitative estimate of drug-likeness (QED) is 0.702. The van der Waals surface area contributed by atoms with E-state index in [0.717, 1.165) is 10.0 Å². The van der Waals surface area contributed by atoms with E-state index < -0.39 is 0 Å². The van der Waals surface area contributed by atoms with Crippen molar-refractivity contribution < 1.29 is 9.63 Å². The van der Waals surface area contributed by atoms with Crippen LogP contribution in [0.15, 0.2) is 51.5 Å². The van der Waals surface area contributed by atoms with Crippen molar-refractivity contribution in [3.8, 4) is 28.6 Å². The molecule has 0 saturated heterocycles. The van der Waals surface area contributed by atoms with Gasteiger partial charge < -0.3 is 15.4 Å². The predicted octanol–water partition coefficient (Wildman–Crippen LogP) is 3.45. The molecule has 0 bridgehead atoms. The van der Waals surface area contributed by atoms with Gasteiger partial charge in [-0.05, 0) is 30.3 Å². The maximum Gasteiger partial charge on any atom is 0.258 e. The Labute approximate surface area is 123 Å². The molecule has 0 fully saturated rings. The van der Waals surface area contributed by atoms with Gasteiger partial charge in [-0.15, -0.1) is 0 Å². The zero-order valence-corrected chi connectivity index (χ0v) is 11.8. The van der Waals surface area contributed by atoms with E-state index >= 15 is 0 Å². The monoisotopic (exact) mass is 331 g/mol. The van der Waals surface area contributed by atoms with E-state index in [9.17, 15) is 5.11 Å². The van der Waals surface area contributed by atoms with Crippen LogP contribution in [0.2, 0.25) is 0 Å². The molecule has 3 N–H and O–H groups in total. The molecule has 0 spiro atoms. The van der Waals surface area contributed by atoms with Gasteiger partial charge in [0.15, 0.2) is 0 Å². The van der Waals surface area contributed by atoms with E-state index in [4.69, 9.17) is 10.3 Å². The summed E-state index contributed by atoms with van der Waals surface area (Å²) in [6.07, 6.45) is 0. The van der Waals surface area contributed by atoms with Gasteiger partial charge in [0.25, 0.3) is 5.89 Å². The second kappa shape index (κ2) is 4.97. The summed E-state index contributed by atoms with van der Waals surface area (Å²) in [5, 5.41) is 13.4. The lowest BCUT2D eigenvalue weighted by Gasteiger charge is -1.98. The highest BCUT2D eigenvalue weighted by atomic mass is 79.9. The first kappa shape index (κ1) is 12.7. The van der Waals surface area contributed by atoms with Gasteiger partial charge in [-0.2, -0.15) is 4.98 Å². The van der Waals surface area contributed by atoms with Crippen molar-refractivity contribution >= 4 is 21.6 Å². The molecule has 0 amide bonds. The summed E-state index contributed by atoms with van der Waals surface area (Å²) in [4.78, 5) is 4.31. The van der Waals surface area contributed by atoms with Crippen molar-refractivity contribution in [1.29, 1.82) is 0 Å². The zero-order valence-electron chi connectivity index (χ0n) is 10.2. The fourth-order valence-corrected chi connectivity index (χ4v) is 2.35. The lowest BCUT2D eigenvalue weighted by atomic mass is 10.2. The van der Waals surface area contributed by atoms with Crippen LogP contribution in [0.1, 0.15) is 0 Å². The van der Waals surface area contributed by atoms with Crippen LogP contribution in [-0.2, 0) is 0 Å². The summed E-state index contributed by atoms with van der Waals surface area (Å²) >= 11 is 3.37. The minimum Gasteiger partial charge on any atom is -0.508 e. The molecule has 3 rings (SSSR count). The van der Waals surface area contributed by atoms with Crippen LogP contribution in [-0.4, -0.2) is 15.2 Å². The number of rotatable bonds is 2. The van der Waals surface area contributed by atoms with Gasteiger partial charge in [0.1, 0.15) is 5.75 Å². The highest BCUT2D eigenvalue weighted by Crippen LogP contribution is 2.27. The normalized spacial score (nSPS) is 10.7. The molecule has 0 aliphatic rings. The summed E-state index contributed by atoms with van der Waals surface area (Å²) in [6.45, 7) is 0. The fourth-order valence-electron chi connectivity index (χ4n) is 1.84. The molecule has 0 saturated carbocycles. The van der Waals surface area contributed by atoms with E-state index in [2.05, 4.69) is 26.1 Å². The summed E-state index contributed by atoms with van der Waals surface area (Å²) < 4.78 is 6.07. The Bertz CT molecular complexity index is 750. The Morgan fingerprint density at radius 3 is 2.70 bits per heavy atom. The van der Waals surface area contributed by atoms with Gasteiger partial charge in [0.05, 0.1) is 0 Å². The van der Waals surface area contributed by atoms with Crippen LogP contribution in [0, 0.1) is 0 Å². The number of benzene rings is 2. The molecule has 0 aliphatic heterocycles. The van der Waals surface area contributed by atoms with E-state index in [-0.39, 0.29) is 5.75 Å². The SMILES string of the molecule is Nc1cc(Br)cc(-c2nc(-c3cccc(O)c3)no2)c1. The first-order valence-electron chi connectivity index (χ1n) is 5.81. The third-order valence-electron chi connectivity index (χ3n) is 2.70. The van der Waals surface area contributed by atoms with Gasteiger partial charge in [-0.1, -0.05) is 33.2 Å². The molecule has 2 aromatic carbocycles. The second-order valence-corrected chi connectivity index (χ2v) is 5.16. The fraction of sp³-hybridized carbons (Fsp3) is 0. The molecule has 100 valence electrons. The van der Waals surface area contributed by atoms with Crippen molar-refractivity contribution in [3.63, 3.8) is 0 Å². The Morgan fingerprint density at radius 2 is 1.95 bits per heavy atom. The number of hydrogen-bond acceptors (Lipinski definition) is 5. The van der Waals surface area contributed by atoms with Crippen LogP contribution in [0.3, 0.4) is 0 Å². The Morgan fingerprint density at radius 1 is 1.10 bits per heavy atom. The number of nitrogen functional groups attached to an aromatic ring is 1. The molecule has 1 aromatic heterocycles. The summed E-state index contributed by atoms with van der Waals surface area (Å²) in [5.41, 5.74) is 7.80. The van der Waals surface area contributed by atoms with Crippen molar-refractivity contribution in [1.82, 2.24) is 10.1 Å². The van der Waals surface area contributed by atoms with Crippen molar-refractivity contribution in [2.45, 2.75) is 0 Å². The van der Waals surface area contributed by atoms with Crippen molar-refractivity contribution in [2.24, 2.45) is 0 Å². The van der Waals surface area contributed by atoms with Gasteiger partial charge in [-0.3, -0.25) is 0 Å². The van der Waals surface area contributed by atoms with Crippen molar-refractivity contribution in [2.75, 3.05) is 5.73 Å². The number of anilines is 1. The number of hydrogen-bond donors (Lipinski definition) is 2. The Hall–Kier alpha value is -2.34. The van der Waals surface area contributed by atoms with E-state index in [1.54, 1.807) is 36.4 Å². The minimum absolute atomic E-state index is 0.153. The number of nitrogens with two attached hydrogens (primary N) is 1.